The summed E-state index contributed by atoms with van der Waals surface area (Å²) in [5.74, 6) is 0. The van der Waals surface area contributed by atoms with E-state index in [4.69, 9.17) is 5.73 Å². The molecule has 0 saturated heterocycles. The van der Waals surface area contributed by atoms with Crippen molar-refractivity contribution in [3.05, 3.63) is 32.7 Å². The third-order valence-corrected chi connectivity index (χ3v) is 2.86. The fourth-order valence-electron chi connectivity index (χ4n) is 1.18. The Morgan fingerprint density at radius 3 is 2.14 bits per heavy atom. The van der Waals surface area contributed by atoms with Crippen molar-refractivity contribution >= 4 is 44.3 Å². The quantitative estimate of drug-likeness (QED) is 0.885. The van der Waals surface area contributed by atoms with Crippen LogP contribution in [0.15, 0.2) is 27.1 Å². The third-order valence-electron chi connectivity index (χ3n) is 1.94. The van der Waals surface area contributed by atoms with E-state index in [1.54, 1.807) is 0 Å². The van der Waals surface area contributed by atoms with Crippen molar-refractivity contribution in [3.63, 3.8) is 0 Å². The minimum Gasteiger partial charge on any atom is -0.327 e. The largest absolute Gasteiger partial charge is 0.327 e. The Labute approximate surface area is 108 Å². The van der Waals surface area contributed by atoms with Gasteiger partial charge in [-0.2, -0.15) is 0 Å². The molecular weight excluding hydrogens is 329 g/mol. The van der Waals surface area contributed by atoms with Crippen molar-refractivity contribution in [1.82, 2.24) is 0 Å². The van der Waals surface area contributed by atoms with Gasteiger partial charge >= 0.3 is 0 Å². The fourth-order valence-corrected chi connectivity index (χ4v) is 2.56. The Balaban J connectivity index is 0.00000169. The summed E-state index contributed by atoms with van der Waals surface area (Å²) in [6.45, 7) is 2.11. The van der Waals surface area contributed by atoms with Gasteiger partial charge in [0.25, 0.3) is 0 Å². The van der Waals surface area contributed by atoms with E-state index in [-0.39, 0.29) is 18.4 Å². The zero-order valence-corrected chi connectivity index (χ0v) is 12.0. The number of benzene rings is 1. The molecule has 0 spiro atoms. The second-order valence-corrected chi connectivity index (χ2v) is 4.98. The maximum atomic E-state index is 5.87. The predicted octanol–water partition coefficient (Wildman–Crippen LogP) is 3.91. The Morgan fingerprint density at radius 2 is 1.71 bits per heavy atom. The van der Waals surface area contributed by atoms with Crippen molar-refractivity contribution in [2.45, 2.75) is 25.8 Å². The smallest absolute Gasteiger partial charge is 0.0189 e. The number of hydrogen-bond acceptors (Lipinski definition) is 1. The second-order valence-electron chi connectivity index (χ2n) is 3.15. The van der Waals surface area contributed by atoms with Gasteiger partial charge < -0.3 is 5.73 Å². The van der Waals surface area contributed by atoms with Crippen molar-refractivity contribution in [1.29, 1.82) is 0 Å². The standard InChI is InChI=1S/C10H13Br2N.ClH/c1-2-10(13)5-7-3-8(11)6-9(12)4-7;/h3-4,6,10H,2,5,13H2,1H3;1H. The Morgan fingerprint density at radius 1 is 1.21 bits per heavy atom. The summed E-state index contributed by atoms with van der Waals surface area (Å²) in [4.78, 5) is 0. The van der Waals surface area contributed by atoms with Crippen LogP contribution in [0.3, 0.4) is 0 Å². The molecule has 1 aromatic rings. The first-order valence-corrected chi connectivity index (χ1v) is 5.91. The molecule has 0 aliphatic rings. The van der Waals surface area contributed by atoms with Crippen LogP contribution in [0.25, 0.3) is 0 Å². The third kappa shape index (κ3) is 4.78. The first-order valence-electron chi connectivity index (χ1n) is 4.32. The molecule has 80 valence electrons. The van der Waals surface area contributed by atoms with Gasteiger partial charge in [-0.15, -0.1) is 12.4 Å². The molecule has 0 heterocycles. The van der Waals surface area contributed by atoms with Crippen LogP contribution in [0.1, 0.15) is 18.9 Å². The SMILES string of the molecule is CCC(N)Cc1cc(Br)cc(Br)c1.Cl. The predicted molar refractivity (Wildman–Crippen MR) is 71.1 cm³/mol. The van der Waals surface area contributed by atoms with Crippen LogP contribution >= 0.6 is 44.3 Å². The van der Waals surface area contributed by atoms with Gasteiger partial charge in [-0.25, -0.2) is 0 Å². The van der Waals surface area contributed by atoms with Crippen molar-refractivity contribution in [2.24, 2.45) is 5.73 Å². The lowest BCUT2D eigenvalue weighted by molar-refractivity contribution is 0.646. The Bertz CT molecular complexity index is 271. The monoisotopic (exact) mass is 341 g/mol. The molecule has 0 aliphatic heterocycles. The summed E-state index contributed by atoms with van der Waals surface area (Å²) in [6.07, 6.45) is 1.96. The summed E-state index contributed by atoms with van der Waals surface area (Å²) in [6, 6.07) is 6.52. The summed E-state index contributed by atoms with van der Waals surface area (Å²) >= 11 is 6.91. The van der Waals surface area contributed by atoms with E-state index in [1.807, 2.05) is 6.07 Å². The average Bonchev–Trinajstić information content (AvgIpc) is 2.02. The minimum atomic E-state index is 0. The molecule has 1 rings (SSSR count). The summed E-state index contributed by atoms with van der Waals surface area (Å²) in [5.41, 5.74) is 7.15. The summed E-state index contributed by atoms with van der Waals surface area (Å²) in [5, 5.41) is 0. The van der Waals surface area contributed by atoms with Gasteiger partial charge in [-0.1, -0.05) is 38.8 Å². The molecular formula is C10H14Br2ClN. The average molecular weight is 343 g/mol. The molecule has 1 nitrogen and oxygen atoms in total. The highest BCUT2D eigenvalue weighted by molar-refractivity contribution is 9.11. The van der Waals surface area contributed by atoms with Crippen LogP contribution in [-0.4, -0.2) is 6.04 Å². The van der Waals surface area contributed by atoms with E-state index in [0.29, 0.717) is 0 Å². The molecule has 0 aliphatic carbocycles. The normalized spacial score (nSPS) is 12.0. The zero-order valence-electron chi connectivity index (χ0n) is 7.97. The van der Waals surface area contributed by atoms with Gasteiger partial charge in [-0.3, -0.25) is 0 Å². The molecule has 0 fully saturated rings. The lowest BCUT2D eigenvalue weighted by atomic mass is 10.1. The molecule has 0 bridgehead atoms. The highest BCUT2D eigenvalue weighted by Crippen LogP contribution is 2.20. The first kappa shape index (κ1) is 14.4. The first-order chi connectivity index (χ1) is 6.11. The Kier molecular flexibility index (Phi) is 7.04. The van der Waals surface area contributed by atoms with Crippen molar-refractivity contribution in [3.8, 4) is 0 Å². The fraction of sp³-hybridized carbons (Fsp3) is 0.400. The van der Waals surface area contributed by atoms with E-state index in [1.165, 1.54) is 5.56 Å². The molecule has 0 radical (unpaired) electrons. The molecule has 0 amide bonds. The molecule has 1 atom stereocenters. The van der Waals surface area contributed by atoms with Crippen molar-refractivity contribution < 1.29 is 0 Å². The van der Waals surface area contributed by atoms with E-state index in [0.717, 1.165) is 21.8 Å². The van der Waals surface area contributed by atoms with E-state index >= 15 is 0 Å². The van der Waals surface area contributed by atoms with Gasteiger partial charge in [0.05, 0.1) is 0 Å². The number of rotatable bonds is 3. The Hall–Kier alpha value is 0.430. The maximum Gasteiger partial charge on any atom is 0.0189 e. The molecule has 0 saturated carbocycles. The molecule has 14 heavy (non-hydrogen) atoms. The topological polar surface area (TPSA) is 26.0 Å². The van der Waals surface area contributed by atoms with E-state index < -0.39 is 0 Å². The molecule has 1 aromatic carbocycles. The van der Waals surface area contributed by atoms with Crippen LogP contribution in [0.2, 0.25) is 0 Å². The highest BCUT2D eigenvalue weighted by Gasteiger charge is 2.02. The number of nitrogens with two attached hydrogens (primary N) is 1. The van der Waals surface area contributed by atoms with Crippen LogP contribution in [-0.2, 0) is 6.42 Å². The van der Waals surface area contributed by atoms with Crippen LogP contribution in [0.4, 0.5) is 0 Å². The highest BCUT2D eigenvalue weighted by atomic mass is 79.9. The number of halogens is 3. The van der Waals surface area contributed by atoms with Crippen LogP contribution in [0, 0.1) is 0 Å². The lowest BCUT2D eigenvalue weighted by Crippen LogP contribution is -2.21. The number of hydrogen-bond donors (Lipinski definition) is 1. The molecule has 0 aromatic heterocycles. The summed E-state index contributed by atoms with van der Waals surface area (Å²) in [7, 11) is 0. The second kappa shape index (κ2) is 6.83. The molecule has 2 N–H and O–H groups in total. The van der Waals surface area contributed by atoms with Crippen molar-refractivity contribution in [2.75, 3.05) is 0 Å². The van der Waals surface area contributed by atoms with E-state index in [2.05, 4.69) is 50.9 Å². The van der Waals surface area contributed by atoms with Gasteiger partial charge in [-0.05, 0) is 36.6 Å². The maximum absolute atomic E-state index is 5.87. The minimum absolute atomic E-state index is 0. The van der Waals surface area contributed by atoms with Gasteiger partial charge in [0.15, 0.2) is 0 Å². The van der Waals surface area contributed by atoms with Crippen LogP contribution < -0.4 is 5.73 Å². The lowest BCUT2D eigenvalue weighted by Gasteiger charge is -2.09. The zero-order chi connectivity index (χ0) is 9.84. The van der Waals surface area contributed by atoms with Gasteiger partial charge in [0, 0.05) is 15.0 Å². The molecule has 4 heteroatoms. The summed E-state index contributed by atoms with van der Waals surface area (Å²) < 4.78 is 2.19. The van der Waals surface area contributed by atoms with Gasteiger partial charge in [0.1, 0.15) is 0 Å². The molecule has 1 unspecified atom stereocenters. The van der Waals surface area contributed by atoms with Gasteiger partial charge in [0.2, 0.25) is 0 Å². The van der Waals surface area contributed by atoms with Crippen LogP contribution in [0.5, 0.6) is 0 Å². The van der Waals surface area contributed by atoms with E-state index in [9.17, 15) is 0 Å².